The second-order valence-corrected chi connectivity index (χ2v) is 4.39. The molecule has 0 unspecified atom stereocenters. The van der Waals surface area contributed by atoms with Gasteiger partial charge in [-0.15, -0.1) is 0 Å². The number of pyridine rings is 1. The first-order valence-corrected chi connectivity index (χ1v) is 5.98. The highest BCUT2D eigenvalue weighted by molar-refractivity contribution is 6.29. The molecule has 0 saturated heterocycles. The molecule has 1 aromatic heterocycles. The molecule has 1 amide bonds. The fourth-order valence-electron chi connectivity index (χ4n) is 1.63. The minimum atomic E-state index is -0.684. The maximum atomic E-state index is 13.5. The van der Waals surface area contributed by atoms with Crippen molar-refractivity contribution in [3.8, 4) is 0 Å². The third kappa shape index (κ3) is 3.21. The van der Waals surface area contributed by atoms with Crippen LogP contribution in [0.25, 0.3) is 0 Å². The van der Waals surface area contributed by atoms with Crippen LogP contribution in [0.1, 0.15) is 15.9 Å². The van der Waals surface area contributed by atoms with E-state index in [1.54, 1.807) is 0 Å². The number of nitrogens with two attached hydrogens (primary N) is 1. The fraction of sp³-hybridized carbons (Fsp3) is 0.0769. The molecule has 0 aliphatic carbocycles. The first kappa shape index (κ1) is 14.2. The van der Waals surface area contributed by atoms with E-state index in [-0.39, 0.29) is 22.8 Å². The predicted molar refractivity (Wildman–Crippen MR) is 71.4 cm³/mol. The molecule has 0 aliphatic heterocycles. The average Bonchev–Trinajstić information content (AvgIpc) is 2.37. The van der Waals surface area contributed by atoms with E-state index >= 15 is 0 Å². The molecular formula is C13H10ClF2N3O. The zero-order chi connectivity index (χ0) is 14.7. The van der Waals surface area contributed by atoms with Crippen LogP contribution in [-0.4, -0.2) is 10.9 Å². The lowest BCUT2D eigenvalue weighted by atomic mass is 10.2. The van der Waals surface area contributed by atoms with Gasteiger partial charge in [0.05, 0.1) is 11.3 Å². The molecule has 0 bridgehead atoms. The summed E-state index contributed by atoms with van der Waals surface area (Å²) < 4.78 is 26.3. The van der Waals surface area contributed by atoms with Crippen molar-refractivity contribution in [2.45, 2.75) is 6.54 Å². The molecule has 0 saturated carbocycles. The third-order valence-corrected chi connectivity index (χ3v) is 2.83. The fourth-order valence-corrected chi connectivity index (χ4v) is 1.79. The van der Waals surface area contributed by atoms with Crippen LogP contribution in [0.3, 0.4) is 0 Å². The predicted octanol–water partition coefficient (Wildman–Crippen LogP) is 2.72. The number of carbonyl (C=O) groups excluding carboxylic acids is 1. The Kier molecular flexibility index (Phi) is 4.14. The van der Waals surface area contributed by atoms with E-state index < -0.39 is 17.5 Å². The quantitative estimate of drug-likeness (QED) is 0.853. The zero-order valence-electron chi connectivity index (χ0n) is 10.2. The van der Waals surface area contributed by atoms with Crippen molar-refractivity contribution in [2.24, 2.45) is 5.73 Å². The number of amides is 1. The summed E-state index contributed by atoms with van der Waals surface area (Å²) in [5.41, 5.74) is 5.91. The van der Waals surface area contributed by atoms with Gasteiger partial charge in [0.15, 0.2) is 0 Å². The summed E-state index contributed by atoms with van der Waals surface area (Å²) in [7, 11) is 0. The van der Waals surface area contributed by atoms with Gasteiger partial charge >= 0.3 is 0 Å². The zero-order valence-corrected chi connectivity index (χ0v) is 10.9. The molecule has 104 valence electrons. The number of hydrogen-bond acceptors (Lipinski definition) is 3. The van der Waals surface area contributed by atoms with Crippen molar-refractivity contribution in [3.05, 3.63) is 58.4 Å². The SMILES string of the molecule is NC(=O)c1cnc(Cl)cc1NCc1ccc(F)cc1F. The molecule has 7 heteroatoms. The number of nitrogens with one attached hydrogen (secondary N) is 1. The lowest BCUT2D eigenvalue weighted by Crippen LogP contribution is -2.15. The molecule has 0 fully saturated rings. The van der Waals surface area contributed by atoms with Crippen LogP contribution >= 0.6 is 11.6 Å². The van der Waals surface area contributed by atoms with Crippen LogP contribution < -0.4 is 11.1 Å². The number of carbonyl (C=O) groups is 1. The normalized spacial score (nSPS) is 10.3. The Labute approximate surface area is 118 Å². The second kappa shape index (κ2) is 5.83. The second-order valence-electron chi connectivity index (χ2n) is 4.01. The van der Waals surface area contributed by atoms with Gasteiger partial charge in [0.1, 0.15) is 16.8 Å². The van der Waals surface area contributed by atoms with Crippen molar-refractivity contribution < 1.29 is 13.6 Å². The summed E-state index contributed by atoms with van der Waals surface area (Å²) in [5, 5.41) is 2.99. The number of benzene rings is 1. The highest BCUT2D eigenvalue weighted by atomic mass is 35.5. The topological polar surface area (TPSA) is 68.0 Å². The summed E-state index contributed by atoms with van der Waals surface area (Å²) in [6.45, 7) is 0.0483. The molecule has 1 aromatic carbocycles. The lowest BCUT2D eigenvalue weighted by molar-refractivity contribution is 0.100. The van der Waals surface area contributed by atoms with Crippen LogP contribution in [0.5, 0.6) is 0 Å². The van der Waals surface area contributed by atoms with Gasteiger partial charge in [-0.3, -0.25) is 4.79 Å². The van der Waals surface area contributed by atoms with E-state index in [2.05, 4.69) is 10.3 Å². The Balaban J connectivity index is 2.22. The molecule has 20 heavy (non-hydrogen) atoms. The summed E-state index contributed by atoms with van der Waals surface area (Å²) in [4.78, 5) is 15.0. The van der Waals surface area contributed by atoms with Gasteiger partial charge in [-0.2, -0.15) is 0 Å². The van der Waals surface area contributed by atoms with Crippen molar-refractivity contribution in [2.75, 3.05) is 5.32 Å². The number of hydrogen-bond donors (Lipinski definition) is 2. The number of halogens is 3. The summed E-state index contributed by atoms with van der Waals surface area (Å²) in [6.07, 6.45) is 1.23. The Morgan fingerprint density at radius 3 is 2.75 bits per heavy atom. The van der Waals surface area contributed by atoms with Crippen molar-refractivity contribution in [3.63, 3.8) is 0 Å². The van der Waals surface area contributed by atoms with Crippen molar-refractivity contribution in [1.82, 2.24) is 4.98 Å². The molecular weight excluding hydrogens is 288 g/mol. The summed E-state index contributed by atoms with van der Waals surface area (Å²) in [6, 6.07) is 4.65. The highest BCUT2D eigenvalue weighted by Gasteiger charge is 2.10. The standard InChI is InChI=1S/C13H10ClF2N3O/c14-12-4-11(9(6-19-12)13(17)20)18-5-7-1-2-8(15)3-10(7)16/h1-4,6H,5H2,(H2,17,20)(H,18,19). The maximum absolute atomic E-state index is 13.5. The summed E-state index contributed by atoms with van der Waals surface area (Å²) in [5.74, 6) is -2.02. The molecule has 3 N–H and O–H groups in total. The van der Waals surface area contributed by atoms with Crippen LogP contribution in [-0.2, 0) is 6.54 Å². The summed E-state index contributed by atoms with van der Waals surface area (Å²) >= 11 is 5.73. The Hall–Kier alpha value is -2.21. The van der Waals surface area contributed by atoms with Gasteiger partial charge in [-0.25, -0.2) is 13.8 Å². The van der Waals surface area contributed by atoms with Gasteiger partial charge in [0.25, 0.3) is 5.91 Å². The van der Waals surface area contributed by atoms with E-state index in [1.165, 1.54) is 18.3 Å². The first-order chi connectivity index (χ1) is 9.47. The van der Waals surface area contributed by atoms with Gasteiger partial charge in [-0.05, 0) is 12.1 Å². The monoisotopic (exact) mass is 297 g/mol. The number of nitrogens with zero attached hydrogens (tertiary/aromatic N) is 1. The third-order valence-electron chi connectivity index (χ3n) is 2.62. The smallest absolute Gasteiger partial charge is 0.252 e. The van der Waals surface area contributed by atoms with Crippen molar-refractivity contribution >= 4 is 23.2 Å². The van der Waals surface area contributed by atoms with Crippen LogP contribution in [0, 0.1) is 11.6 Å². The van der Waals surface area contributed by atoms with E-state index in [4.69, 9.17) is 17.3 Å². The molecule has 1 heterocycles. The van der Waals surface area contributed by atoms with E-state index in [9.17, 15) is 13.6 Å². The Morgan fingerprint density at radius 1 is 1.35 bits per heavy atom. The van der Waals surface area contributed by atoms with Crippen LogP contribution in [0.15, 0.2) is 30.5 Å². The molecule has 2 aromatic rings. The number of anilines is 1. The average molecular weight is 298 g/mol. The Morgan fingerprint density at radius 2 is 2.10 bits per heavy atom. The van der Waals surface area contributed by atoms with Gasteiger partial charge < -0.3 is 11.1 Å². The molecule has 0 radical (unpaired) electrons. The van der Waals surface area contributed by atoms with Crippen LogP contribution in [0.4, 0.5) is 14.5 Å². The lowest BCUT2D eigenvalue weighted by Gasteiger charge is -2.10. The minimum absolute atomic E-state index is 0.0483. The van der Waals surface area contributed by atoms with Crippen molar-refractivity contribution in [1.29, 1.82) is 0 Å². The molecule has 0 spiro atoms. The van der Waals surface area contributed by atoms with Gasteiger partial charge in [-0.1, -0.05) is 17.7 Å². The highest BCUT2D eigenvalue weighted by Crippen LogP contribution is 2.20. The number of rotatable bonds is 4. The largest absolute Gasteiger partial charge is 0.380 e. The van der Waals surface area contributed by atoms with E-state index in [0.29, 0.717) is 5.69 Å². The molecule has 4 nitrogen and oxygen atoms in total. The maximum Gasteiger partial charge on any atom is 0.252 e. The molecule has 2 rings (SSSR count). The minimum Gasteiger partial charge on any atom is -0.380 e. The van der Waals surface area contributed by atoms with E-state index in [1.807, 2.05) is 0 Å². The Bertz CT molecular complexity index is 664. The number of aromatic nitrogens is 1. The van der Waals surface area contributed by atoms with E-state index in [0.717, 1.165) is 12.1 Å². The molecule has 0 atom stereocenters. The van der Waals surface area contributed by atoms with Gasteiger partial charge in [0, 0.05) is 24.4 Å². The van der Waals surface area contributed by atoms with Gasteiger partial charge in [0.2, 0.25) is 0 Å². The first-order valence-electron chi connectivity index (χ1n) is 5.60. The number of primary amides is 1. The van der Waals surface area contributed by atoms with Crippen LogP contribution in [0.2, 0.25) is 5.15 Å². The molecule has 0 aliphatic rings.